The molecule has 0 unspecified atom stereocenters. The first-order valence-corrected chi connectivity index (χ1v) is 10.4. The molecule has 0 bridgehead atoms. The first kappa shape index (κ1) is 20.3. The van der Waals surface area contributed by atoms with E-state index in [4.69, 9.17) is 11.6 Å². The van der Waals surface area contributed by atoms with E-state index in [9.17, 15) is 9.59 Å². The monoisotopic (exact) mass is 425 g/mol. The number of benzene rings is 1. The Labute approximate surface area is 180 Å². The summed E-state index contributed by atoms with van der Waals surface area (Å²) < 4.78 is 1.90. The van der Waals surface area contributed by atoms with Gasteiger partial charge in [0.1, 0.15) is 0 Å². The highest BCUT2D eigenvalue weighted by atomic mass is 35.5. The molecule has 3 aromatic rings. The van der Waals surface area contributed by atoms with Gasteiger partial charge in [0.15, 0.2) is 5.65 Å². The van der Waals surface area contributed by atoms with Crippen molar-refractivity contribution in [2.75, 3.05) is 18.4 Å². The summed E-state index contributed by atoms with van der Waals surface area (Å²) in [5, 5.41) is 8.59. The number of amides is 2. The molecular formula is C22H24ClN5O2. The van der Waals surface area contributed by atoms with Gasteiger partial charge in [-0.3, -0.25) is 9.59 Å². The predicted octanol–water partition coefficient (Wildman–Crippen LogP) is 4.14. The van der Waals surface area contributed by atoms with Crippen molar-refractivity contribution >= 4 is 40.1 Å². The third-order valence-electron chi connectivity index (χ3n) is 5.64. The molecule has 1 aliphatic rings. The molecule has 0 saturated carbocycles. The Kier molecular flexibility index (Phi) is 5.47. The van der Waals surface area contributed by atoms with Crippen LogP contribution in [0.3, 0.4) is 0 Å². The molecule has 1 fully saturated rings. The van der Waals surface area contributed by atoms with Crippen molar-refractivity contribution in [3.8, 4) is 0 Å². The fourth-order valence-corrected chi connectivity index (χ4v) is 4.26. The molecule has 156 valence electrons. The number of hydrogen-bond donors (Lipinski definition) is 1. The van der Waals surface area contributed by atoms with Crippen LogP contribution in [0.4, 0.5) is 5.69 Å². The van der Waals surface area contributed by atoms with E-state index in [1.165, 1.54) is 6.20 Å². The van der Waals surface area contributed by atoms with Gasteiger partial charge < -0.3 is 10.2 Å². The van der Waals surface area contributed by atoms with Crippen molar-refractivity contribution in [3.63, 3.8) is 0 Å². The third-order valence-corrected chi connectivity index (χ3v) is 6.03. The van der Waals surface area contributed by atoms with E-state index in [0.29, 0.717) is 40.4 Å². The van der Waals surface area contributed by atoms with E-state index in [2.05, 4.69) is 15.4 Å². The van der Waals surface area contributed by atoms with Gasteiger partial charge in [-0.05, 0) is 38.8 Å². The lowest BCUT2D eigenvalue weighted by molar-refractivity contribution is -0.130. The van der Waals surface area contributed by atoms with Gasteiger partial charge in [0.25, 0.3) is 5.91 Å². The number of hydrogen-bond acceptors (Lipinski definition) is 4. The molecule has 0 atom stereocenters. The van der Waals surface area contributed by atoms with Gasteiger partial charge in [-0.2, -0.15) is 5.10 Å². The summed E-state index contributed by atoms with van der Waals surface area (Å²) in [5.74, 6) is -0.208. The van der Waals surface area contributed by atoms with Crippen molar-refractivity contribution in [2.24, 2.45) is 0 Å². The second-order valence-corrected chi connectivity index (χ2v) is 8.15. The third kappa shape index (κ3) is 3.77. The van der Waals surface area contributed by atoms with Gasteiger partial charge in [-0.15, -0.1) is 0 Å². The summed E-state index contributed by atoms with van der Waals surface area (Å²) in [5.41, 5.74) is 3.55. The zero-order valence-corrected chi connectivity index (χ0v) is 18.0. The van der Waals surface area contributed by atoms with E-state index in [1.54, 1.807) is 6.92 Å². The summed E-state index contributed by atoms with van der Waals surface area (Å²) in [4.78, 5) is 30.8. The molecule has 1 saturated heterocycles. The lowest BCUT2D eigenvalue weighted by atomic mass is 10.1. The number of piperidine rings is 1. The largest absolute Gasteiger partial charge is 0.343 e. The number of carbonyl (C=O) groups excluding carboxylic acids is 2. The predicted molar refractivity (Wildman–Crippen MR) is 117 cm³/mol. The average molecular weight is 426 g/mol. The van der Waals surface area contributed by atoms with Crippen LogP contribution in [-0.2, 0) is 4.79 Å². The van der Waals surface area contributed by atoms with E-state index >= 15 is 0 Å². The summed E-state index contributed by atoms with van der Waals surface area (Å²) in [7, 11) is 0. The minimum Gasteiger partial charge on any atom is -0.343 e. The summed E-state index contributed by atoms with van der Waals surface area (Å²) in [6.07, 6.45) is 3.13. The van der Waals surface area contributed by atoms with Gasteiger partial charge in [-0.25, -0.2) is 9.67 Å². The molecular weight excluding hydrogens is 402 g/mol. The van der Waals surface area contributed by atoms with Crippen LogP contribution in [0.2, 0.25) is 5.02 Å². The molecule has 0 aliphatic carbocycles. The smallest absolute Gasteiger partial charge is 0.258 e. The maximum Gasteiger partial charge on any atom is 0.258 e. The summed E-state index contributed by atoms with van der Waals surface area (Å²) in [6, 6.07) is 7.72. The Bertz CT molecular complexity index is 1110. The first-order chi connectivity index (χ1) is 14.3. The van der Waals surface area contributed by atoms with Crippen molar-refractivity contribution in [1.82, 2.24) is 19.7 Å². The van der Waals surface area contributed by atoms with Gasteiger partial charge in [0.05, 0.1) is 27.7 Å². The van der Waals surface area contributed by atoms with Crippen molar-refractivity contribution in [1.29, 1.82) is 0 Å². The number of rotatable bonds is 3. The second-order valence-electron chi connectivity index (χ2n) is 7.77. The van der Waals surface area contributed by atoms with Gasteiger partial charge in [0, 0.05) is 31.9 Å². The first-order valence-electron chi connectivity index (χ1n) is 10.0. The molecule has 7 nitrogen and oxygen atoms in total. The SMILES string of the molecule is CC(=O)N1CCC(n2nc(C)c3c(Cl)c(C(=O)Nc4ccc(C)cc4)cnc32)CC1. The fraction of sp³-hybridized carbons (Fsp3) is 0.364. The molecule has 4 rings (SSSR count). The molecule has 8 heteroatoms. The quantitative estimate of drug-likeness (QED) is 0.683. The average Bonchev–Trinajstić information content (AvgIpc) is 3.07. The Balaban J connectivity index is 1.62. The van der Waals surface area contributed by atoms with E-state index in [-0.39, 0.29) is 17.9 Å². The van der Waals surface area contributed by atoms with Crippen molar-refractivity contribution < 1.29 is 9.59 Å². The van der Waals surface area contributed by atoms with E-state index in [0.717, 1.165) is 24.1 Å². The maximum absolute atomic E-state index is 12.8. The van der Waals surface area contributed by atoms with E-state index in [1.807, 2.05) is 47.7 Å². The molecule has 1 aromatic carbocycles. The molecule has 3 heterocycles. The highest BCUT2D eigenvalue weighted by Crippen LogP contribution is 2.33. The molecule has 1 N–H and O–H groups in total. The van der Waals surface area contributed by atoms with Gasteiger partial charge >= 0.3 is 0 Å². The standard InChI is InChI=1S/C22H24ClN5O2/c1-13-4-6-16(7-5-13)25-22(30)18-12-24-21-19(20(18)23)14(2)26-28(21)17-8-10-27(11-9-17)15(3)29/h4-7,12,17H,8-11H2,1-3H3,(H,25,30). The summed E-state index contributed by atoms with van der Waals surface area (Å²) in [6.45, 7) is 6.86. The lowest BCUT2D eigenvalue weighted by Gasteiger charge is -2.31. The Morgan fingerprint density at radius 2 is 1.80 bits per heavy atom. The van der Waals surface area contributed by atoms with E-state index < -0.39 is 0 Å². The maximum atomic E-state index is 12.8. The zero-order chi connectivity index (χ0) is 21.4. The van der Waals surface area contributed by atoms with Crippen LogP contribution in [0, 0.1) is 13.8 Å². The molecule has 0 radical (unpaired) electrons. The van der Waals surface area contributed by atoms with Crippen LogP contribution < -0.4 is 5.32 Å². The highest BCUT2D eigenvalue weighted by molar-refractivity contribution is 6.39. The van der Waals surface area contributed by atoms with Crippen molar-refractivity contribution in [3.05, 3.63) is 52.3 Å². The number of pyridine rings is 1. The topological polar surface area (TPSA) is 80.1 Å². The highest BCUT2D eigenvalue weighted by Gasteiger charge is 2.26. The number of nitrogens with one attached hydrogen (secondary N) is 1. The fourth-order valence-electron chi connectivity index (χ4n) is 3.91. The number of carbonyl (C=O) groups is 2. The van der Waals surface area contributed by atoms with Crippen LogP contribution in [0.1, 0.15) is 47.4 Å². The summed E-state index contributed by atoms with van der Waals surface area (Å²) >= 11 is 6.64. The van der Waals surface area contributed by atoms with Crippen LogP contribution in [0.25, 0.3) is 11.0 Å². The Morgan fingerprint density at radius 1 is 1.13 bits per heavy atom. The van der Waals surface area contributed by atoms with Crippen LogP contribution >= 0.6 is 11.6 Å². The van der Waals surface area contributed by atoms with Crippen LogP contribution in [0.5, 0.6) is 0 Å². The second kappa shape index (κ2) is 8.07. The number of aromatic nitrogens is 3. The number of aryl methyl sites for hydroxylation is 2. The number of halogens is 1. The molecule has 2 amide bonds. The lowest BCUT2D eigenvalue weighted by Crippen LogP contribution is -2.37. The Hall–Kier alpha value is -2.93. The molecule has 0 spiro atoms. The van der Waals surface area contributed by atoms with Crippen molar-refractivity contribution in [2.45, 2.75) is 39.7 Å². The zero-order valence-electron chi connectivity index (χ0n) is 17.3. The van der Waals surface area contributed by atoms with Gasteiger partial charge in [0.2, 0.25) is 5.91 Å². The number of likely N-dealkylation sites (tertiary alicyclic amines) is 1. The van der Waals surface area contributed by atoms with Crippen LogP contribution in [0.15, 0.2) is 30.5 Å². The minimum absolute atomic E-state index is 0.0976. The number of nitrogens with zero attached hydrogens (tertiary/aromatic N) is 4. The molecule has 1 aliphatic heterocycles. The van der Waals surface area contributed by atoms with Crippen LogP contribution in [-0.4, -0.2) is 44.6 Å². The minimum atomic E-state index is -0.305. The Morgan fingerprint density at radius 3 is 2.43 bits per heavy atom. The molecule has 2 aromatic heterocycles. The number of anilines is 1. The number of fused-ring (bicyclic) bond motifs is 1. The van der Waals surface area contributed by atoms with Gasteiger partial charge in [-0.1, -0.05) is 29.3 Å². The molecule has 30 heavy (non-hydrogen) atoms. The normalized spacial score (nSPS) is 14.9.